The maximum Gasteiger partial charge on any atom is 0.0970 e. The Hall–Kier alpha value is -1.96. The Kier molecular flexibility index (Phi) is 2.97. The highest BCUT2D eigenvalue weighted by Crippen LogP contribution is 2.34. The molecule has 1 aromatic carbocycles. The maximum absolute atomic E-state index is 4.75. The van der Waals surface area contributed by atoms with Crippen LogP contribution in [0.1, 0.15) is 38.4 Å². The lowest BCUT2D eigenvalue weighted by atomic mass is 9.80. The van der Waals surface area contributed by atoms with E-state index < -0.39 is 0 Å². The number of nitrogens with zero attached hydrogens (tertiary/aromatic N) is 2. The van der Waals surface area contributed by atoms with E-state index in [0.29, 0.717) is 0 Å². The zero-order valence-corrected chi connectivity index (χ0v) is 12.6. The second-order valence-corrected chi connectivity index (χ2v) is 6.09. The van der Waals surface area contributed by atoms with Crippen LogP contribution in [0.5, 0.6) is 0 Å². The van der Waals surface area contributed by atoms with E-state index in [1.54, 1.807) is 0 Å². The van der Waals surface area contributed by atoms with Crippen molar-refractivity contribution in [1.82, 2.24) is 9.97 Å². The molecule has 0 saturated heterocycles. The van der Waals surface area contributed by atoms with Crippen LogP contribution in [0.2, 0.25) is 0 Å². The van der Waals surface area contributed by atoms with Gasteiger partial charge in [0.25, 0.3) is 0 Å². The van der Waals surface area contributed by atoms with Gasteiger partial charge in [-0.2, -0.15) is 0 Å². The Morgan fingerprint density at radius 3 is 2.65 bits per heavy atom. The highest BCUT2D eigenvalue weighted by molar-refractivity contribution is 6.04. The predicted molar refractivity (Wildman–Crippen MR) is 85.1 cm³/mol. The van der Waals surface area contributed by atoms with Crippen LogP contribution in [-0.4, -0.2) is 9.97 Å². The number of aryl methyl sites for hydroxylation is 1. The summed E-state index contributed by atoms with van der Waals surface area (Å²) in [7, 11) is 0. The Labute approximate surface area is 119 Å². The summed E-state index contributed by atoms with van der Waals surface area (Å²) in [6, 6.07) is 10.6. The Bertz CT molecular complexity index is 788. The number of pyridine rings is 2. The number of benzene rings is 1. The first-order valence-corrected chi connectivity index (χ1v) is 7.18. The Balaban J connectivity index is 2.47. The van der Waals surface area contributed by atoms with Crippen molar-refractivity contribution in [2.24, 2.45) is 0 Å². The third kappa shape index (κ3) is 1.96. The van der Waals surface area contributed by atoms with Crippen LogP contribution in [0.25, 0.3) is 21.8 Å². The molecular weight excluding hydrogens is 244 g/mol. The summed E-state index contributed by atoms with van der Waals surface area (Å²) >= 11 is 0. The van der Waals surface area contributed by atoms with E-state index >= 15 is 0 Å². The van der Waals surface area contributed by atoms with E-state index in [1.807, 2.05) is 12.3 Å². The highest BCUT2D eigenvalue weighted by atomic mass is 14.7. The summed E-state index contributed by atoms with van der Waals surface area (Å²) < 4.78 is 0. The van der Waals surface area contributed by atoms with Gasteiger partial charge in [-0.25, -0.2) is 0 Å². The van der Waals surface area contributed by atoms with Crippen molar-refractivity contribution >= 4 is 21.8 Å². The van der Waals surface area contributed by atoms with Crippen LogP contribution in [0.4, 0.5) is 0 Å². The fourth-order valence-electron chi connectivity index (χ4n) is 2.71. The minimum absolute atomic E-state index is 0.147. The van der Waals surface area contributed by atoms with E-state index in [4.69, 9.17) is 4.98 Å². The topological polar surface area (TPSA) is 25.8 Å². The second kappa shape index (κ2) is 4.55. The molecule has 20 heavy (non-hydrogen) atoms. The van der Waals surface area contributed by atoms with E-state index in [9.17, 15) is 0 Å². The molecule has 0 spiro atoms. The molecule has 0 fully saturated rings. The zero-order chi connectivity index (χ0) is 14.3. The van der Waals surface area contributed by atoms with Crippen molar-refractivity contribution in [2.75, 3.05) is 0 Å². The van der Waals surface area contributed by atoms with Gasteiger partial charge >= 0.3 is 0 Å². The van der Waals surface area contributed by atoms with Crippen molar-refractivity contribution < 1.29 is 0 Å². The van der Waals surface area contributed by atoms with Gasteiger partial charge in [-0.15, -0.1) is 0 Å². The number of aromatic nitrogens is 2. The van der Waals surface area contributed by atoms with Crippen molar-refractivity contribution in [3.05, 3.63) is 47.8 Å². The third-order valence-corrected chi connectivity index (χ3v) is 4.29. The van der Waals surface area contributed by atoms with Crippen molar-refractivity contribution in [3.63, 3.8) is 0 Å². The minimum atomic E-state index is 0.147. The molecule has 3 rings (SSSR count). The third-order valence-electron chi connectivity index (χ3n) is 4.29. The smallest absolute Gasteiger partial charge is 0.0970 e. The Morgan fingerprint density at radius 1 is 1.10 bits per heavy atom. The van der Waals surface area contributed by atoms with Gasteiger partial charge < -0.3 is 0 Å². The van der Waals surface area contributed by atoms with Gasteiger partial charge in [0.05, 0.1) is 11.0 Å². The average Bonchev–Trinajstić information content (AvgIpc) is 2.46. The van der Waals surface area contributed by atoms with Crippen molar-refractivity contribution in [3.8, 4) is 0 Å². The first kappa shape index (κ1) is 13.0. The highest BCUT2D eigenvalue weighted by Gasteiger charge is 2.22. The lowest BCUT2D eigenvalue weighted by Gasteiger charge is -2.25. The fourth-order valence-corrected chi connectivity index (χ4v) is 2.71. The molecule has 2 heterocycles. The van der Waals surface area contributed by atoms with Crippen LogP contribution in [-0.2, 0) is 5.41 Å². The van der Waals surface area contributed by atoms with Crippen LogP contribution in [0.3, 0.4) is 0 Å². The number of hydrogen-bond acceptors (Lipinski definition) is 2. The first-order valence-electron chi connectivity index (χ1n) is 7.18. The molecule has 0 amide bonds. The monoisotopic (exact) mass is 264 g/mol. The molecule has 3 aromatic rings. The van der Waals surface area contributed by atoms with Crippen molar-refractivity contribution in [1.29, 1.82) is 0 Å². The average molecular weight is 264 g/mol. The van der Waals surface area contributed by atoms with Gasteiger partial charge in [-0.1, -0.05) is 39.0 Å². The maximum atomic E-state index is 4.75. The quantitative estimate of drug-likeness (QED) is 0.622. The van der Waals surface area contributed by atoms with E-state index in [1.165, 1.54) is 10.9 Å². The molecule has 0 aliphatic carbocycles. The van der Waals surface area contributed by atoms with Gasteiger partial charge in [0.15, 0.2) is 0 Å². The molecule has 0 saturated carbocycles. The number of rotatable bonds is 2. The van der Waals surface area contributed by atoms with Crippen LogP contribution in [0.15, 0.2) is 36.5 Å². The molecular formula is C18H20N2. The standard InChI is InChI=1S/C18H20N2/c1-5-18(3,4)15-11-12(2)20-17-14(15)9-8-13-7-6-10-19-16(13)17/h6-11H,5H2,1-4H3. The van der Waals surface area contributed by atoms with Crippen LogP contribution < -0.4 is 0 Å². The minimum Gasteiger partial charge on any atom is -0.254 e. The fraction of sp³-hybridized carbons (Fsp3) is 0.333. The molecule has 0 radical (unpaired) electrons. The molecule has 0 bridgehead atoms. The number of hydrogen-bond donors (Lipinski definition) is 0. The molecule has 0 atom stereocenters. The molecule has 0 aliphatic heterocycles. The largest absolute Gasteiger partial charge is 0.254 e. The second-order valence-electron chi connectivity index (χ2n) is 6.09. The normalized spacial score (nSPS) is 12.2. The summed E-state index contributed by atoms with van der Waals surface area (Å²) in [6.45, 7) is 8.89. The van der Waals surface area contributed by atoms with Crippen LogP contribution >= 0.6 is 0 Å². The molecule has 2 heteroatoms. The van der Waals surface area contributed by atoms with E-state index in [0.717, 1.165) is 28.5 Å². The first-order chi connectivity index (χ1) is 9.53. The van der Waals surface area contributed by atoms with Gasteiger partial charge in [0.1, 0.15) is 0 Å². The van der Waals surface area contributed by atoms with Gasteiger partial charge in [0.2, 0.25) is 0 Å². The molecule has 0 aliphatic rings. The molecule has 2 nitrogen and oxygen atoms in total. The molecule has 2 aromatic heterocycles. The summed E-state index contributed by atoms with van der Waals surface area (Å²) in [5.74, 6) is 0. The van der Waals surface area contributed by atoms with Gasteiger partial charge in [-0.05, 0) is 36.5 Å². The van der Waals surface area contributed by atoms with Gasteiger partial charge in [-0.3, -0.25) is 9.97 Å². The molecule has 102 valence electrons. The lowest BCUT2D eigenvalue weighted by Crippen LogP contribution is -2.16. The van der Waals surface area contributed by atoms with Gasteiger partial charge in [0, 0.05) is 22.7 Å². The number of fused-ring (bicyclic) bond motifs is 3. The summed E-state index contributed by atoms with van der Waals surface area (Å²) in [4.78, 5) is 9.29. The van der Waals surface area contributed by atoms with Crippen LogP contribution in [0, 0.1) is 6.92 Å². The summed E-state index contributed by atoms with van der Waals surface area (Å²) in [5.41, 5.74) is 4.61. The SMILES string of the molecule is CCC(C)(C)c1cc(C)nc2c1ccc1cccnc12. The summed E-state index contributed by atoms with van der Waals surface area (Å²) in [5, 5.41) is 2.38. The summed E-state index contributed by atoms with van der Waals surface area (Å²) in [6.07, 6.45) is 2.95. The van der Waals surface area contributed by atoms with E-state index in [-0.39, 0.29) is 5.41 Å². The lowest BCUT2D eigenvalue weighted by molar-refractivity contribution is 0.510. The Morgan fingerprint density at radius 2 is 1.90 bits per heavy atom. The zero-order valence-electron chi connectivity index (χ0n) is 12.6. The molecule has 0 unspecified atom stereocenters. The van der Waals surface area contributed by atoms with E-state index in [2.05, 4.69) is 56.9 Å². The predicted octanol–water partition coefficient (Wildman–Crippen LogP) is 4.78. The van der Waals surface area contributed by atoms with Crippen molar-refractivity contribution in [2.45, 2.75) is 39.5 Å². The molecule has 0 N–H and O–H groups in total.